The zero-order valence-corrected chi connectivity index (χ0v) is 14.5. The number of methoxy groups -OCH3 is 1. The molecule has 0 bridgehead atoms. The number of hydrogen-bond donors (Lipinski definition) is 1. The second-order valence-corrected chi connectivity index (χ2v) is 6.24. The van der Waals surface area contributed by atoms with E-state index in [0.29, 0.717) is 11.4 Å². The van der Waals surface area contributed by atoms with Gasteiger partial charge in [0, 0.05) is 29.2 Å². The molecule has 4 rings (SSSR count). The highest BCUT2D eigenvalue weighted by molar-refractivity contribution is 5.84. The smallest absolute Gasteiger partial charge is 0.137 e. The Balaban J connectivity index is 1.75. The minimum Gasteiger partial charge on any atom is -0.495 e. The minimum atomic E-state index is -0.789. The molecule has 0 fully saturated rings. The van der Waals surface area contributed by atoms with Crippen LogP contribution >= 0.6 is 0 Å². The van der Waals surface area contributed by atoms with Crippen molar-refractivity contribution in [1.82, 2.24) is 9.55 Å². The number of benzene rings is 2. The minimum absolute atomic E-state index is 0.605. The van der Waals surface area contributed by atoms with Gasteiger partial charge in [-0.2, -0.15) is 0 Å². The van der Waals surface area contributed by atoms with Gasteiger partial charge in [-0.05, 0) is 23.8 Å². The molecule has 0 aliphatic rings. The average Bonchev–Trinajstić information content (AvgIpc) is 3.07. The van der Waals surface area contributed by atoms with Gasteiger partial charge in [0.2, 0.25) is 0 Å². The van der Waals surface area contributed by atoms with Crippen LogP contribution in [-0.4, -0.2) is 21.8 Å². The largest absolute Gasteiger partial charge is 0.495 e. The maximum absolute atomic E-state index is 10.9. The number of aliphatic hydroxyl groups is 1. The molecule has 2 heterocycles. The lowest BCUT2D eigenvalue weighted by Crippen LogP contribution is -2.02. The number of nitrogens with zero attached hydrogens (tertiary/aromatic N) is 2. The molecule has 4 aromatic rings. The predicted molar refractivity (Wildman–Crippen MR) is 102 cm³/mol. The first-order valence-electron chi connectivity index (χ1n) is 8.56. The van der Waals surface area contributed by atoms with E-state index < -0.39 is 6.10 Å². The molecule has 1 atom stereocenters. The van der Waals surface area contributed by atoms with Crippen molar-refractivity contribution in [3.63, 3.8) is 0 Å². The van der Waals surface area contributed by atoms with Crippen LogP contribution in [0.5, 0.6) is 5.75 Å². The van der Waals surface area contributed by atoms with Gasteiger partial charge in [0.05, 0.1) is 19.0 Å². The maximum Gasteiger partial charge on any atom is 0.137 e. The molecule has 0 amide bonds. The SMILES string of the molecule is COc1ccc(C(O)c2cn(Cc3ccccc3)c3ccccc23)nc1. The van der Waals surface area contributed by atoms with Gasteiger partial charge >= 0.3 is 0 Å². The Labute approximate surface area is 152 Å². The Morgan fingerprint density at radius 1 is 1.00 bits per heavy atom. The summed E-state index contributed by atoms with van der Waals surface area (Å²) in [6, 6.07) is 22.1. The van der Waals surface area contributed by atoms with E-state index in [-0.39, 0.29) is 0 Å². The number of fused-ring (bicyclic) bond motifs is 1. The summed E-state index contributed by atoms with van der Waals surface area (Å²) in [6.07, 6.45) is 2.86. The van der Waals surface area contributed by atoms with Gasteiger partial charge < -0.3 is 14.4 Å². The van der Waals surface area contributed by atoms with Crippen LogP contribution in [0.4, 0.5) is 0 Å². The summed E-state index contributed by atoms with van der Waals surface area (Å²) in [5.41, 5.74) is 3.78. The molecule has 0 radical (unpaired) electrons. The lowest BCUT2D eigenvalue weighted by Gasteiger charge is -2.10. The first kappa shape index (κ1) is 16.4. The average molecular weight is 344 g/mol. The number of ether oxygens (including phenoxy) is 1. The zero-order valence-electron chi connectivity index (χ0n) is 14.5. The Bertz CT molecular complexity index is 1010. The fraction of sp³-hybridized carbons (Fsp3) is 0.136. The van der Waals surface area contributed by atoms with Crippen molar-refractivity contribution in [2.45, 2.75) is 12.6 Å². The van der Waals surface area contributed by atoms with Gasteiger partial charge in [-0.1, -0.05) is 48.5 Å². The molecule has 1 N–H and O–H groups in total. The first-order chi connectivity index (χ1) is 12.8. The predicted octanol–water partition coefficient (Wildman–Crippen LogP) is 4.17. The second kappa shape index (κ2) is 7.02. The molecule has 4 heteroatoms. The normalized spacial score (nSPS) is 12.2. The van der Waals surface area contributed by atoms with Crippen molar-refractivity contribution >= 4 is 10.9 Å². The van der Waals surface area contributed by atoms with Crippen LogP contribution in [0.15, 0.2) is 79.1 Å². The molecular formula is C22H20N2O2. The lowest BCUT2D eigenvalue weighted by molar-refractivity contribution is 0.216. The molecular weight excluding hydrogens is 324 g/mol. The molecule has 130 valence electrons. The monoisotopic (exact) mass is 344 g/mol. The fourth-order valence-corrected chi connectivity index (χ4v) is 3.24. The standard InChI is InChI=1S/C22H20N2O2/c1-26-17-11-12-20(23-13-17)22(25)19-15-24(14-16-7-3-2-4-8-16)21-10-6-5-9-18(19)21/h2-13,15,22,25H,14H2,1H3. The van der Waals surface area contributed by atoms with Gasteiger partial charge in [-0.25, -0.2) is 0 Å². The van der Waals surface area contributed by atoms with Gasteiger partial charge in [0.25, 0.3) is 0 Å². The Morgan fingerprint density at radius 3 is 2.50 bits per heavy atom. The number of pyridine rings is 1. The van der Waals surface area contributed by atoms with Crippen LogP contribution in [-0.2, 0) is 6.54 Å². The number of rotatable bonds is 5. The van der Waals surface area contributed by atoms with Gasteiger partial charge in [-0.15, -0.1) is 0 Å². The summed E-state index contributed by atoms with van der Waals surface area (Å²) in [6.45, 7) is 0.754. The summed E-state index contributed by atoms with van der Waals surface area (Å²) in [5, 5.41) is 12.0. The van der Waals surface area contributed by atoms with Crippen molar-refractivity contribution in [2.24, 2.45) is 0 Å². The Kier molecular flexibility index (Phi) is 4.42. The summed E-state index contributed by atoms with van der Waals surface area (Å²) in [4.78, 5) is 4.34. The maximum atomic E-state index is 10.9. The number of hydrogen-bond acceptors (Lipinski definition) is 3. The van der Waals surface area contributed by atoms with E-state index in [4.69, 9.17) is 4.74 Å². The van der Waals surface area contributed by atoms with Crippen molar-refractivity contribution in [3.05, 3.63) is 95.9 Å². The van der Waals surface area contributed by atoms with Crippen LogP contribution in [0.1, 0.15) is 22.9 Å². The molecule has 2 aromatic carbocycles. The van der Waals surface area contributed by atoms with Crippen LogP contribution in [0.25, 0.3) is 10.9 Å². The highest BCUT2D eigenvalue weighted by Gasteiger charge is 2.18. The van der Waals surface area contributed by atoms with Crippen molar-refractivity contribution < 1.29 is 9.84 Å². The molecule has 2 aromatic heterocycles. The first-order valence-corrected chi connectivity index (χ1v) is 8.56. The topological polar surface area (TPSA) is 47.3 Å². The third-order valence-electron chi connectivity index (χ3n) is 4.58. The van der Waals surface area contributed by atoms with E-state index >= 15 is 0 Å². The van der Waals surface area contributed by atoms with Gasteiger partial charge in [0.1, 0.15) is 11.9 Å². The molecule has 0 saturated carbocycles. The van der Waals surface area contributed by atoms with E-state index in [9.17, 15) is 5.11 Å². The summed E-state index contributed by atoms with van der Waals surface area (Å²) >= 11 is 0. The molecule has 0 aliphatic heterocycles. The second-order valence-electron chi connectivity index (χ2n) is 6.24. The zero-order chi connectivity index (χ0) is 17.9. The molecule has 0 saturated heterocycles. The van der Waals surface area contributed by atoms with Crippen LogP contribution in [0, 0.1) is 0 Å². The number of para-hydroxylation sites is 1. The fourth-order valence-electron chi connectivity index (χ4n) is 3.24. The van der Waals surface area contributed by atoms with Crippen LogP contribution in [0.2, 0.25) is 0 Å². The summed E-state index contributed by atoms with van der Waals surface area (Å²) in [5.74, 6) is 0.674. The van der Waals surface area contributed by atoms with E-state index in [1.54, 1.807) is 19.4 Å². The molecule has 4 nitrogen and oxygen atoms in total. The van der Waals surface area contributed by atoms with Crippen LogP contribution in [0.3, 0.4) is 0 Å². The van der Waals surface area contributed by atoms with Gasteiger partial charge in [0.15, 0.2) is 0 Å². The van der Waals surface area contributed by atoms with E-state index in [0.717, 1.165) is 23.0 Å². The third kappa shape index (κ3) is 3.07. The lowest BCUT2D eigenvalue weighted by atomic mass is 10.1. The number of aromatic nitrogens is 2. The van der Waals surface area contributed by atoms with E-state index in [1.807, 2.05) is 48.7 Å². The quantitative estimate of drug-likeness (QED) is 0.591. The highest BCUT2D eigenvalue weighted by atomic mass is 16.5. The Hall–Kier alpha value is -3.11. The van der Waals surface area contributed by atoms with E-state index in [1.165, 1.54) is 5.56 Å². The van der Waals surface area contributed by atoms with Crippen LogP contribution < -0.4 is 4.74 Å². The third-order valence-corrected chi connectivity index (χ3v) is 4.58. The Morgan fingerprint density at radius 2 is 1.77 bits per heavy atom. The number of aliphatic hydroxyl groups excluding tert-OH is 1. The summed E-state index contributed by atoms with van der Waals surface area (Å²) < 4.78 is 7.32. The highest BCUT2D eigenvalue weighted by Crippen LogP contribution is 2.30. The van der Waals surface area contributed by atoms with Crippen molar-refractivity contribution in [3.8, 4) is 5.75 Å². The van der Waals surface area contributed by atoms with Gasteiger partial charge in [-0.3, -0.25) is 4.98 Å². The van der Waals surface area contributed by atoms with E-state index in [2.05, 4.69) is 27.8 Å². The molecule has 0 spiro atoms. The van der Waals surface area contributed by atoms with Crippen molar-refractivity contribution in [1.29, 1.82) is 0 Å². The molecule has 0 aliphatic carbocycles. The summed E-state index contributed by atoms with van der Waals surface area (Å²) in [7, 11) is 1.60. The molecule has 26 heavy (non-hydrogen) atoms. The molecule has 1 unspecified atom stereocenters. The van der Waals surface area contributed by atoms with Crippen molar-refractivity contribution in [2.75, 3.05) is 7.11 Å².